The number of rotatable bonds is 6. The Balaban J connectivity index is 1.58. The monoisotopic (exact) mass is 276 g/mol. The summed E-state index contributed by atoms with van der Waals surface area (Å²) in [7, 11) is 0. The molecule has 20 heavy (non-hydrogen) atoms. The number of carbonyl (C=O) groups is 1. The molecule has 0 aromatic heterocycles. The van der Waals surface area contributed by atoms with E-state index in [1.165, 1.54) is 12.8 Å². The molecule has 1 aliphatic rings. The van der Waals surface area contributed by atoms with Gasteiger partial charge in [0.25, 0.3) is 0 Å². The van der Waals surface area contributed by atoms with E-state index in [9.17, 15) is 4.79 Å². The molecule has 3 N–H and O–H groups in total. The van der Waals surface area contributed by atoms with E-state index in [-0.39, 0.29) is 5.91 Å². The highest BCUT2D eigenvalue weighted by Gasteiger charge is 2.19. The lowest BCUT2D eigenvalue weighted by molar-refractivity contribution is -0.121. The van der Waals surface area contributed by atoms with Crippen LogP contribution in [-0.2, 0) is 4.79 Å². The van der Waals surface area contributed by atoms with Gasteiger partial charge in [-0.25, -0.2) is 0 Å². The zero-order valence-corrected chi connectivity index (χ0v) is 11.9. The second-order valence-corrected chi connectivity index (χ2v) is 5.51. The summed E-state index contributed by atoms with van der Waals surface area (Å²) in [4.78, 5) is 11.7. The lowest BCUT2D eigenvalue weighted by atomic mass is 9.86. The minimum Gasteiger partial charge on any atom is -0.493 e. The van der Waals surface area contributed by atoms with Gasteiger partial charge < -0.3 is 15.8 Å². The molecule has 1 aliphatic carbocycles. The molecule has 1 amide bonds. The maximum atomic E-state index is 11.7. The molecule has 0 bridgehead atoms. The van der Waals surface area contributed by atoms with Crippen molar-refractivity contribution < 1.29 is 9.53 Å². The molecule has 0 heterocycles. The molecule has 0 aliphatic heterocycles. The van der Waals surface area contributed by atoms with Crippen molar-refractivity contribution in [1.29, 1.82) is 0 Å². The summed E-state index contributed by atoms with van der Waals surface area (Å²) in [5.74, 6) is 1.40. The highest BCUT2D eigenvalue weighted by Crippen LogP contribution is 2.22. The summed E-state index contributed by atoms with van der Waals surface area (Å²) in [6.07, 6.45) is 4.90. The van der Waals surface area contributed by atoms with Crippen LogP contribution in [-0.4, -0.2) is 25.1 Å². The summed E-state index contributed by atoms with van der Waals surface area (Å²) in [5, 5.41) is 2.98. The molecule has 1 saturated carbocycles. The molecule has 4 nitrogen and oxygen atoms in total. The van der Waals surface area contributed by atoms with Crippen molar-refractivity contribution in [2.24, 2.45) is 11.7 Å². The van der Waals surface area contributed by atoms with Crippen LogP contribution in [0, 0.1) is 5.92 Å². The Morgan fingerprint density at radius 3 is 2.85 bits per heavy atom. The predicted molar refractivity (Wildman–Crippen MR) is 79.5 cm³/mol. The number of ether oxygens (including phenoxy) is 1. The Hall–Kier alpha value is -1.55. The number of benzene rings is 1. The van der Waals surface area contributed by atoms with Crippen LogP contribution in [0.1, 0.15) is 32.1 Å². The van der Waals surface area contributed by atoms with Gasteiger partial charge in [0.2, 0.25) is 5.91 Å². The molecule has 0 radical (unpaired) electrons. The van der Waals surface area contributed by atoms with Crippen LogP contribution in [0.5, 0.6) is 5.75 Å². The average molecular weight is 276 g/mol. The first-order chi connectivity index (χ1) is 9.74. The number of hydrogen-bond acceptors (Lipinski definition) is 3. The number of amides is 1. The normalized spacial score (nSPS) is 22.2. The van der Waals surface area contributed by atoms with E-state index in [2.05, 4.69) is 5.32 Å². The molecule has 1 fully saturated rings. The van der Waals surface area contributed by atoms with Gasteiger partial charge in [0, 0.05) is 12.6 Å². The molecular weight excluding hydrogens is 252 g/mol. The lowest BCUT2D eigenvalue weighted by Crippen LogP contribution is -2.36. The van der Waals surface area contributed by atoms with E-state index in [1.54, 1.807) is 0 Å². The smallest absolute Gasteiger partial charge is 0.223 e. The number of para-hydroxylation sites is 1. The second kappa shape index (κ2) is 7.90. The van der Waals surface area contributed by atoms with E-state index < -0.39 is 0 Å². The molecule has 0 saturated heterocycles. The summed E-state index contributed by atoms with van der Waals surface area (Å²) in [6, 6.07) is 9.87. The first-order valence-corrected chi connectivity index (χ1v) is 7.44. The third-order valence-electron chi connectivity index (χ3n) is 3.75. The molecule has 1 aromatic rings. The van der Waals surface area contributed by atoms with Gasteiger partial charge in [-0.1, -0.05) is 24.6 Å². The van der Waals surface area contributed by atoms with Crippen molar-refractivity contribution in [3.05, 3.63) is 30.3 Å². The second-order valence-electron chi connectivity index (χ2n) is 5.51. The van der Waals surface area contributed by atoms with Crippen molar-refractivity contribution in [3.8, 4) is 5.75 Å². The van der Waals surface area contributed by atoms with Gasteiger partial charge in [-0.3, -0.25) is 4.79 Å². The minimum absolute atomic E-state index is 0.0556. The number of nitrogens with one attached hydrogen (secondary N) is 1. The number of carbonyl (C=O) groups excluding carboxylic acids is 1. The Morgan fingerprint density at radius 2 is 2.10 bits per heavy atom. The quantitative estimate of drug-likeness (QED) is 0.836. The fourth-order valence-corrected chi connectivity index (χ4v) is 2.64. The zero-order valence-electron chi connectivity index (χ0n) is 11.9. The highest BCUT2D eigenvalue weighted by atomic mass is 16.5. The van der Waals surface area contributed by atoms with Crippen LogP contribution in [0.4, 0.5) is 0 Å². The Kier molecular flexibility index (Phi) is 5.87. The van der Waals surface area contributed by atoms with Gasteiger partial charge in [-0.15, -0.1) is 0 Å². The van der Waals surface area contributed by atoms with Crippen LogP contribution < -0.4 is 15.8 Å². The van der Waals surface area contributed by atoms with Crippen LogP contribution in [0.15, 0.2) is 30.3 Å². The van der Waals surface area contributed by atoms with Crippen molar-refractivity contribution in [2.45, 2.75) is 38.1 Å². The summed E-state index contributed by atoms with van der Waals surface area (Å²) < 4.78 is 5.50. The SMILES string of the molecule is NC1CCCC(CNC(=O)CCOc2ccccc2)C1. The fraction of sp³-hybridized carbons (Fsp3) is 0.562. The van der Waals surface area contributed by atoms with Crippen molar-refractivity contribution >= 4 is 5.91 Å². The third kappa shape index (κ3) is 5.21. The van der Waals surface area contributed by atoms with Crippen molar-refractivity contribution in [3.63, 3.8) is 0 Å². The molecule has 110 valence electrons. The van der Waals surface area contributed by atoms with Crippen LogP contribution in [0.3, 0.4) is 0 Å². The zero-order chi connectivity index (χ0) is 14.2. The van der Waals surface area contributed by atoms with Crippen LogP contribution in [0.25, 0.3) is 0 Å². The average Bonchev–Trinajstić information content (AvgIpc) is 2.46. The summed E-state index contributed by atoms with van der Waals surface area (Å²) >= 11 is 0. The fourth-order valence-electron chi connectivity index (χ4n) is 2.64. The van der Waals surface area contributed by atoms with E-state index in [0.717, 1.165) is 25.1 Å². The molecule has 4 heteroatoms. The Labute approximate surface area is 120 Å². The first kappa shape index (κ1) is 14.9. The van der Waals surface area contributed by atoms with E-state index in [0.29, 0.717) is 25.0 Å². The van der Waals surface area contributed by atoms with Gasteiger partial charge in [0.1, 0.15) is 5.75 Å². The molecule has 2 unspecified atom stereocenters. The standard InChI is InChI=1S/C16H24N2O2/c17-14-6-4-5-13(11-14)12-18-16(19)9-10-20-15-7-2-1-3-8-15/h1-3,7-8,13-14H,4-6,9-12,17H2,(H,18,19). The lowest BCUT2D eigenvalue weighted by Gasteiger charge is -2.26. The van der Waals surface area contributed by atoms with Gasteiger partial charge in [-0.2, -0.15) is 0 Å². The van der Waals surface area contributed by atoms with Gasteiger partial charge in [0.05, 0.1) is 13.0 Å². The third-order valence-corrected chi connectivity index (χ3v) is 3.75. The predicted octanol–water partition coefficient (Wildman–Crippen LogP) is 2.09. The van der Waals surface area contributed by atoms with Gasteiger partial charge in [-0.05, 0) is 37.3 Å². The summed E-state index contributed by atoms with van der Waals surface area (Å²) in [5.41, 5.74) is 5.94. The van der Waals surface area contributed by atoms with Crippen molar-refractivity contribution in [1.82, 2.24) is 5.32 Å². The molecule has 0 spiro atoms. The Bertz CT molecular complexity index is 408. The number of hydrogen-bond donors (Lipinski definition) is 2. The van der Waals surface area contributed by atoms with E-state index in [4.69, 9.17) is 10.5 Å². The largest absolute Gasteiger partial charge is 0.493 e. The molecular formula is C16H24N2O2. The Morgan fingerprint density at radius 1 is 1.30 bits per heavy atom. The van der Waals surface area contributed by atoms with Crippen LogP contribution >= 0.6 is 0 Å². The van der Waals surface area contributed by atoms with Crippen LogP contribution in [0.2, 0.25) is 0 Å². The van der Waals surface area contributed by atoms with Gasteiger partial charge >= 0.3 is 0 Å². The van der Waals surface area contributed by atoms with Crippen molar-refractivity contribution in [2.75, 3.05) is 13.2 Å². The molecule has 2 atom stereocenters. The van der Waals surface area contributed by atoms with E-state index in [1.807, 2.05) is 30.3 Å². The molecule has 1 aromatic carbocycles. The van der Waals surface area contributed by atoms with E-state index >= 15 is 0 Å². The minimum atomic E-state index is 0.0556. The topological polar surface area (TPSA) is 64.3 Å². The number of nitrogens with two attached hydrogens (primary N) is 1. The van der Waals surface area contributed by atoms with Gasteiger partial charge in [0.15, 0.2) is 0 Å². The first-order valence-electron chi connectivity index (χ1n) is 7.44. The highest BCUT2D eigenvalue weighted by molar-refractivity contribution is 5.75. The maximum Gasteiger partial charge on any atom is 0.223 e. The maximum absolute atomic E-state index is 11.7. The molecule has 2 rings (SSSR count). The summed E-state index contributed by atoms with van der Waals surface area (Å²) in [6.45, 7) is 1.16.